The predicted molar refractivity (Wildman–Crippen MR) is 71.1 cm³/mol. The molecule has 0 amide bonds. The number of hydrogen-bond donors (Lipinski definition) is 1. The quantitative estimate of drug-likeness (QED) is 0.865. The number of rotatable bonds is 4. The summed E-state index contributed by atoms with van der Waals surface area (Å²) in [6.45, 7) is 4.07. The lowest BCUT2D eigenvalue weighted by Gasteiger charge is -2.32. The number of nitrogens with two attached hydrogens (primary N) is 1. The number of ether oxygens (including phenoxy) is 1. The molecule has 0 saturated heterocycles. The lowest BCUT2D eigenvalue weighted by molar-refractivity contribution is -0.0000575. The van der Waals surface area contributed by atoms with E-state index in [1.165, 1.54) is 30.4 Å². The Hall–Kier alpha value is -0.860. The van der Waals surface area contributed by atoms with E-state index < -0.39 is 0 Å². The van der Waals surface area contributed by atoms with Crippen LogP contribution in [0.25, 0.3) is 0 Å². The van der Waals surface area contributed by atoms with Crippen molar-refractivity contribution >= 4 is 0 Å². The summed E-state index contributed by atoms with van der Waals surface area (Å²) >= 11 is 0. The van der Waals surface area contributed by atoms with E-state index >= 15 is 0 Å². The topological polar surface area (TPSA) is 35.2 Å². The van der Waals surface area contributed by atoms with Gasteiger partial charge < -0.3 is 10.5 Å². The molecule has 2 N–H and O–H groups in total. The maximum atomic E-state index is 6.29. The Morgan fingerprint density at radius 1 is 1.35 bits per heavy atom. The van der Waals surface area contributed by atoms with Crippen molar-refractivity contribution in [2.75, 3.05) is 7.11 Å². The second-order valence-electron chi connectivity index (χ2n) is 5.58. The maximum absolute atomic E-state index is 6.29. The summed E-state index contributed by atoms with van der Waals surface area (Å²) in [6, 6.07) is 8.63. The van der Waals surface area contributed by atoms with Crippen molar-refractivity contribution in [3.8, 4) is 0 Å². The molecular weight excluding hydrogens is 210 g/mol. The fourth-order valence-electron chi connectivity index (χ4n) is 2.28. The molecule has 2 heteroatoms. The Morgan fingerprint density at radius 3 is 2.59 bits per heavy atom. The number of hydrogen-bond acceptors (Lipinski definition) is 2. The molecule has 0 heterocycles. The lowest BCUT2D eigenvalue weighted by Crippen LogP contribution is -2.37. The monoisotopic (exact) mass is 233 g/mol. The normalized spacial score (nSPS) is 18.8. The van der Waals surface area contributed by atoms with Crippen molar-refractivity contribution in [1.29, 1.82) is 0 Å². The second kappa shape index (κ2) is 4.79. The average molecular weight is 233 g/mol. The van der Waals surface area contributed by atoms with Crippen molar-refractivity contribution in [2.45, 2.75) is 50.7 Å². The summed E-state index contributed by atoms with van der Waals surface area (Å²) in [7, 11) is 1.72. The van der Waals surface area contributed by atoms with Gasteiger partial charge in [-0.2, -0.15) is 0 Å². The van der Waals surface area contributed by atoms with E-state index in [1.54, 1.807) is 7.11 Å². The van der Waals surface area contributed by atoms with Gasteiger partial charge in [-0.15, -0.1) is 0 Å². The van der Waals surface area contributed by atoms with E-state index in [9.17, 15) is 0 Å². The third-order valence-electron chi connectivity index (χ3n) is 4.12. The van der Waals surface area contributed by atoms with Crippen LogP contribution in [0.1, 0.15) is 56.2 Å². The first-order valence-corrected chi connectivity index (χ1v) is 6.45. The molecule has 1 aromatic rings. The van der Waals surface area contributed by atoms with E-state index in [-0.39, 0.29) is 11.6 Å². The fraction of sp³-hybridized carbons (Fsp3) is 0.600. The molecular formula is C15H23NO. The molecule has 2 nitrogen and oxygen atoms in total. The molecule has 1 aromatic carbocycles. The van der Waals surface area contributed by atoms with Gasteiger partial charge in [-0.1, -0.05) is 30.7 Å². The highest BCUT2D eigenvalue weighted by atomic mass is 16.5. The Labute approximate surface area is 104 Å². The highest BCUT2D eigenvalue weighted by Crippen LogP contribution is 2.37. The van der Waals surface area contributed by atoms with Crippen molar-refractivity contribution in [2.24, 2.45) is 5.73 Å². The zero-order valence-corrected chi connectivity index (χ0v) is 11.1. The molecule has 0 bridgehead atoms. The first-order valence-electron chi connectivity index (χ1n) is 6.45. The van der Waals surface area contributed by atoms with Crippen molar-refractivity contribution in [3.63, 3.8) is 0 Å². The molecule has 1 aliphatic carbocycles. The number of benzene rings is 1. The lowest BCUT2D eigenvalue weighted by atomic mass is 9.79. The summed E-state index contributed by atoms with van der Waals surface area (Å²) in [5, 5.41) is 0. The predicted octanol–water partition coefficient (Wildman–Crippen LogP) is 3.38. The van der Waals surface area contributed by atoms with Crippen LogP contribution in [0.15, 0.2) is 24.3 Å². The highest BCUT2D eigenvalue weighted by Gasteiger charge is 2.28. The third kappa shape index (κ3) is 2.53. The molecule has 0 aromatic heterocycles. The van der Waals surface area contributed by atoms with Gasteiger partial charge in [0, 0.05) is 7.11 Å². The molecule has 0 aliphatic heterocycles. The zero-order valence-electron chi connectivity index (χ0n) is 11.1. The Balaban J connectivity index is 2.20. The second-order valence-corrected chi connectivity index (χ2v) is 5.58. The summed E-state index contributed by atoms with van der Waals surface area (Å²) in [6.07, 6.45) is 4.02. The van der Waals surface area contributed by atoms with Crippen LogP contribution in [-0.2, 0) is 4.74 Å². The molecule has 0 spiro atoms. The van der Waals surface area contributed by atoms with Gasteiger partial charge in [-0.25, -0.2) is 0 Å². The minimum atomic E-state index is -0.321. The van der Waals surface area contributed by atoms with Crippen LogP contribution in [0, 0.1) is 0 Å². The van der Waals surface area contributed by atoms with E-state index in [4.69, 9.17) is 10.5 Å². The van der Waals surface area contributed by atoms with Crippen molar-refractivity contribution in [1.82, 2.24) is 0 Å². The molecule has 1 saturated carbocycles. The van der Waals surface area contributed by atoms with Gasteiger partial charge in [0.25, 0.3) is 0 Å². The van der Waals surface area contributed by atoms with Crippen LogP contribution in [0.5, 0.6) is 0 Å². The first kappa shape index (κ1) is 12.6. The summed E-state index contributed by atoms with van der Waals surface area (Å²) < 4.78 is 5.47. The molecule has 1 atom stereocenters. The van der Waals surface area contributed by atoms with Crippen molar-refractivity contribution in [3.05, 3.63) is 35.4 Å². The standard InChI is InChI=1S/C15H23NO/c1-15(2,17-3)14(16)13-9-5-8-12(10-13)11-6-4-7-11/h5,8-11,14H,4,6-7,16H2,1-3H3. The maximum Gasteiger partial charge on any atom is 0.0814 e. The van der Waals surface area contributed by atoms with Gasteiger partial charge in [-0.05, 0) is 43.7 Å². The Kier molecular flexibility index (Phi) is 3.55. The number of methoxy groups -OCH3 is 1. The minimum absolute atomic E-state index is 0.0764. The van der Waals surface area contributed by atoms with Gasteiger partial charge in [0.2, 0.25) is 0 Å². The SMILES string of the molecule is COC(C)(C)C(N)c1cccc(C2CCC2)c1. The minimum Gasteiger partial charge on any atom is -0.377 e. The molecule has 1 fully saturated rings. The van der Waals surface area contributed by atoms with E-state index in [2.05, 4.69) is 24.3 Å². The fourth-order valence-corrected chi connectivity index (χ4v) is 2.28. The first-order chi connectivity index (χ1) is 8.04. The van der Waals surface area contributed by atoms with Crippen molar-refractivity contribution < 1.29 is 4.74 Å². The summed E-state index contributed by atoms with van der Waals surface area (Å²) in [5.74, 6) is 0.757. The summed E-state index contributed by atoms with van der Waals surface area (Å²) in [5.41, 5.74) is 8.59. The van der Waals surface area contributed by atoms with Crippen LogP contribution in [0.3, 0.4) is 0 Å². The van der Waals surface area contributed by atoms with Crippen LogP contribution in [0.2, 0.25) is 0 Å². The van der Waals surface area contributed by atoms with Gasteiger partial charge in [-0.3, -0.25) is 0 Å². The molecule has 17 heavy (non-hydrogen) atoms. The van der Waals surface area contributed by atoms with Gasteiger partial charge >= 0.3 is 0 Å². The van der Waals surface area contributed by atoms with E-state index in [1.807, 2.05) is 13.8 Å². The molecule has 1 aliphatic rings. The van der Waals surface area contributed by atoms with Crippen LogP contribution in [-0.4, -0.2) is 12.7 Å². The highest BCUT2D eigenvalue weighted by molar-refractivity contribution is 5.30. The molecule has 94 valence electrons. The molecule has 0 radical (unpaired) electrons. The molecule has 1 unspecified atom stereocenters. The Bertz CT molecular complexity index is 382. The van der Waals surface area contributed by atoms with Crippen LogP contribution >= 0.6 is 0 Å². The van der Waals surface area contributed by atoms with Gasteiger partial charge in [0.05, 0.1) is 11.6 Å². The van der Waals surface area contributed by atoms with Crippen LogP contribution < -0.4 is 5.73 Å². The molecule has 2 rings (SSSR count). The summed E-state index contributed by atoms with van der Waals surface area (Å²) in [4.78, 5) is 0. The third-order valence-corrected chi connectivity index (χ3v) is 4.12. The average Bonchev–Trinajstić information content (AvgIpc) is 2.26. The van der Waals surface area contributed by atoms with E-state index in [0.29, 0.717) is 0 Å². The largest absolute Gasteiger partial charge is 0.377 e. The van der Waals surface area contributed by atoms with Gasteiger partial charge in [0.1, 0.15) is 0 Å². The van der Waals surface area contributed by atoms with Gasteiger partial charge in [0.15, 0.2) is 0 Å². The Morgan fingerprint density at radius 2 is 2.06 bits per heavy atom. The zero-order chi connectivity index (χ0) is 12.5. The van der Waals surface area contributed by atoms with E-state index in [0.717, 1.165) is 5.92 Å². The van der Waals surface area contributed by atoms with Crippen LogP contribution in [0.4, 0.5) is 0 Å². The smallest absolute Gasteiger partial charge is 0.0814 e.